The van der Waals surface area contributed by atoms with Crippen LogP contribution in [-0.2, 0) is 47.6 Å². The Balaban J connectivity index is 1.74. The lowest BCUT2D eigenvalue weighted by Crippen LogP contribution is -2.40. The largest absolute Gasteiger partial charge is 0.379 e. The van der Waals surface area contributed by atoms with E-state index in [4.69, 9.17) is 28.4 Å². The van der Waals surface area contributed by atoms with Crippen LogP contribution in [0.1, 0.15) is 20.3 Å². The van der Waals surface area contributed by atoms with E-state index in [2.05, 4.69) is 5.32 Å². The number of nitrogens with zero attached hydrogens (tertiary/aromatic N) is 1. The van der Waals surface area contributed by atoms with Crippen molar-refractivity contribution in [2.24, 2.45) is 5.92 Å². The van der Waals surface area contributed by atoms with Crippen LogP contribution in [-0.4, -0.2) is 121 Å². The summed E-state index contributed by atoms with van der Waals surface area (Å²) in [5.74, 6) is -0.782. The molecular weight excluding hydrogens is 476 g/mol. The predicted molar refractivity (Wildman–Crippen MR) is 128 cm³/mol. The minimum Gasteiger partial charge on any atom is -0.379 e. The number of aldehydes is 1. The molecule has 0 aromatic carbocycles. The van der Waals surface area contributed by atoms with Crippen molar-refractivity contribution in [3.8, 4) is 0 Å². The van der Waals surface area contributed by atoms with Crippen LogP contribution >= 0.6 is 0 Å². The Morgan fingerprint density at radius 1 is 0.750 bits per heavy atom. The summed E-state index contributed by atoms with van der Waals surface area (Å²) in [4.78, 5) is 46.4. The molecule has 0 saturated heterocycles. The van der Waals surface area contributed by atoms with E-state index in [1.807, 2.05) is 13.8 Å². The highest BCUT2D eigenvalue weighted by molar-refractivity contribution is 6.12. The van der Waals surface area contributed by atoms with Gasteiger partial charge in [-0.15, -0.1) is 0 Å². The first-order valence-electron chi connectivity index (χ1n) is 12.2. The number of carbonyl (C=O) groups excluding carboxylic acids is 4. The van der Waals surface area contributed by atoms with Crippen LogP contribution in [0.3, 0.4) is 0 Å². The van der Waals surface area contributed by atoms with Gasteiger partial charge in [0.2, 0.25) is 5.91 Å². The summed E-state index contributed by atoms with van der Waals surface area (Å²) < 4.78 is 32.2. The SMILES string of the molecule is CC(C)[C@@H](C=O)NC(=O)CCOCCOCCOCCOCCOCCOCCN1C(=O)C=CC1=O. The summed E-state index contributed by atoms with van der Waals surface area (Å²) in [6.45, 7) is 8.66. The van der Waals surface area contributed by atoms with Gasteiger partial charge in [-0.1, -0.05) is 13.8 Å². The van der Waals surface area contributed by atoms with Gasteiger partial charge in [-0.2, -0.15) is 0 Å². The van der Waals surface area contributed by atoms with Crippen LogP contribution in [0, 0.1) is 5.92 Å². The summed E-state index contributed by atoms with van der Waals surface area (Å²) in [5, 5.41) is 2.66. The summed E-state index contributed by atoms with van der Waals surface area (Å²) in [5.41, 5.74) is 0. The molecule has 0 fully saturated rings. The first-order valence-corrected chi connectivity index (χ1v) is 12.2. The summed E-state index contributed by atoms with van der Waals surface area (Å²) >= 11 is 0. The molecule has 0 spiro atoms. The molecule has 0 radical (unpaired) electrons. The molecule has 0 aromatic heterocycles. The molecule has 1 N–H and O–H groups in total. The van der Waals surface area contributed by atoms with Crippen molar-refractivity contribution >= 4 is 24.0 Å². The third-order valence-corrected chi connectivity index (χ3v) is 4.89. The Kier molecular flexibility index (Phi) is 18.5. The van der Waals surface area contributed by atoms with Crippen LogP contribution < -0.4 is 5.32 Å². The number of imide groups is 1. The van der Waals surface area contributed by atoms with Gasteiger partial charge in [0.15, 0.2) is 0 Å². The summed E-state index contributed by atoms with van der Waals surface area (Å²) in [7, 11) is 0. The Labute approximate surface area is 212 Å². The van der Waals surface area contributed by atoms with E-state index in [1.54, 1.807) is 0 Å². The second-order valence-electron chi connectivity index (χ2n) is 8.06. The Morgan fingerprint density at radius 3 is 1.53 bits per heavy atom. The number of nitrogens with one attached hydrogen (secondary N) is 1. The van der Waals surface area contributed by atoms with Crippen molar-refractivity contribution in [1.29, 1.82) is 0 Å². The Bertz CT molecular complexity index is 653. The fraction of sp³-hybridized carbons (Fsp3) is 0.750. The van der Waals surface area contributed by atoms with E-state index in [9.17, 15) is 19.2 Å². The highest BCUT2D eigenvalue weighted by atomic mass is 16.6. The lowest BCUT2D eigenvalue weighted by molar-refractivity contribution is -0.137. The predicted octanol–water partition coefficient (Wildman–Crippen LogP) is -0.259. The fourth-order valence-corrected chi connectivity index (χ4v) is 2.79. The molecule has 0 bridgehead atoms. The molecule has 1 aliphatic heterocycles. The first-order chi connectivity index (χ1) is 17.5. The van der Waals surface area contributed by atoms with Crippen molar-refractivity contribution in [2.45, 2.75) is 26.3 Å². The molecule has 12 nitrogen and oxygen atoms in total. The van der Waals surface area contributed by atoms with Crippen LogP contribution in [0.5, 0.6) is 0 Å². The number of carbonyl (C=O) groups is 4. The highest BCUT2D eigenvalue weighted by Gasteiger charge is 2.22. The highest BCUT2D eigenvalue weighted by Crippen LogP contribution is 2.02. The van der Waals surface area contributed by atoms with Crippen LogP contribution in [0.15, 0.2) is 12.2 Å². The third kappa shape index (κ3) is 15.7. The summed E-state index contributed by atoms with van der Waals surface area (Å²) in [6, 6.07) is -0.469. The van der Waals surface area contributed by atoms with Crippen LogP contribution in [0.4, 0.5) is 0 Å². The molecular formula is C24H40N2O10. The fourth-order valence-electron chi connectivity index (χ4n) is 2.79. The number of amides is 3. The topological polar surface area (TPSA) is 139 Å². The van der Waals surface area contributed by atoms with Gasteiger partial charge in [-0.05, 0) is 5.92 Å². The Morgan fingerprint density at radius 2 is 1.14 bits per heavy atom. The average Bonchev–Trinajstić information content (AvgIpc) is 3.17. The van der Waals surface area contributed by atoms with E-state index in [1.165, 1.54) is 12.2 Å². The molecule has 3 amide bonds. The van der Waals surface area contributed by atoms with Crippen molar-refractivity contribution in [3.63, 3.8) is 0 Å². The molecule has 12 heteroatoms. The molecule has 0 saturated carbocycles. The van der Waals surface area contributed by atoms with Gasteiger partial charge in [0.25, 0.3) is 11.8 Å². The van der Waals surface area contributed by atoms with Crippen molar-refractivity contribution in [2.75, 3.05) is 85.8 Å². The minimum absolute atomic E-state index is 0.0550. The van der Waals surface area contributed by atoms with Crippen molar-refractivity contribution < 1.29 is 47.6 Å². The monoisotopic (exact) mass is 516 g/mol. The molecule has 0 aliphatic carbocycles. The molecule has 0 aromatic rings. The summed E-state index contributed by atoms with van der Waals surface area (Å²) in [6.07, 6.45) is 3.43. The quantitative estimate of drug-likeness (QED) is 0.104. The molecule has 36 heavy (non-hydrogen) atoms. The van der Waals surface area contributed by atoms with Crippen LogP contribution in [0.2, 0.25) is 0 Å². The zero-order chi connectivity index (χ0) is 26.4. The molecule has 1 heterocycles. The van der Waals surface area contributed by atoms with Gasteiger partial charge in [0, 0.05) is 18.6 Å². The number of hydrogen-bond acceptors (Lipinski definition) is 10. The molecule has 0 unspecified atom stereocenters. The standard InChI is InChI=1S/C24H40N2O10/c1-20(2)21(19-27)25-22(28)5-7-31-9-11-33-13-15-35-17-18-36-16-14-34-12-10-32-8-6-26-23(29)3-4-24(26)30/h3-4,19-21H,5-18H2,1-2H3,(H,25,28)/t21-/m1/s1. The van der Waals surface area contributed by atoms with Crippen molar-refractivity contribution in [3.05, 3.63) is 12.2 Å². The first kappa shape index (κ1) is 31.8. The van der Waals surface area contributed by atoms with E-state index < -0.39 is 6.04 Å². The minimum atomic E-state index is -0.469. The maximum Gasteiger partial charge on any atom is 0.253 e. The molecule has 1 atom stereocenters. The van der Waals surface area contributed by atoms with Crippen molar-refractivity contribution in [1.82, 2.24) is 10.2 Å². The average molecular weight is 517 g/mol. The number of ether oxygens (including phenoxy) is 6. The van der Waals surface area contributed by atoms with Gasteiger partial charge in [0.1, 0.15) is 6.29 Å². The normalized spacial score (nSPS) is 14.1. The third-order valence-electron chi connectivity index (χ3n) is 4.89. The molecule has 206 valence electrons. The smallest absolute Gasteiger partial charge is 0.253 e. The molecule has 1 rings (SSSR count). The Hall–Kier alpha value is -2.22. The van der Waals surface area contributed by atoms with E-state index >= 15 is 0 Å². The number of rotatable bonds is 24. The second-order valence-corrected chi connectivity index (χ2v) is 8.06. The zero-order valence-electron chi connectivity index (χ0n) is 21.3. The lowest BCUT2D eigenvalue weighted by Gasteiger charge is -2.16. The van der Waals surface area contributed by atoms with Gasteiger partial charge in [0.05, 0.1) is 91.9 Å². The zero-order valence-corrected chi connectivity index (χ0v) is 21.3. The van der Waals surface area contributed by atoms with E-state index in [0.717, 1.165) is 11.2 Å². The molecule has 1 aliphatic rings. The van der Waals surface area contributed by atoms with Gasteiger partial charge in [-0.25, -0.2) is 0 Å². The second kappa shape index (κ2) is 20.9. The number of hydrogen-bond donors (Lipinski definition) is 1. The van der Waals surface area contributed by atoms with Crippen LogP contribution in [0.25, 0.3) is 0 Å². The van der Waals surface area contributed by atoms with E-state index in [-0.39, 0.29) is 49.8 Å². The lowest BCUT2D eigenvalue weighted by atomic mass is 10.1. The van der Waals surface area contributed by atoms with Gasteiger partial charge in [-0.3, -0.25) is 19.3 Å². The van der Waals surface area contributed by atoms with Gasteiger partial charge < -0.3 is 38.5 Å². The van der Waals surface area contributed by atoms with E-state index in [0.29, 0.717) is 66.1 Å². The maximum atomic E-state index is 11.7. The maximum absolute atomic E-state index is 11.7. The van der Waals surface area contributed by atoms with Gasteiger partial charge >= 0.3 is 0 Å².